The van der Waals surface area contributed by atoms with Crippen LogP contribution in [-0.4, -0.2) is 7.11 Å². The van der Waals surface area contributed by atoms with Crippen molar-refractivity contribution in [2.75, 3.05) is 7.11 Å². The molecular formula is C12H20N2O. The lowest BCUT2D eigenvalue weighted by molar-refractivity contribution is 0.408. The molecule has 0 amide bonds. The van der Waals surface area contributed by atoms with E-state index in [-0.39, 0.29) is 6.04 Å². The Morgan fingerprint density at radius 3 is 2.67 bits per heavy atom. The standard InChI is InChI=1S/C12H20N2O/c1-9(2)7-12(14-13)10-5-4-6-11(8-10)15-3/h4-6,8-9,12,14H,7,13H2,1-3H3. The van der Waals surface area contributed by atoms with E-state index >= 15 is 0 Å². The molecule has 3 nitrogen and oxygen atoms in total. The van der Waals surface area contributed by atoms with Crippen molar-refractivity contribution in [2.24, 2.45) is 11.8 Å². The fraction of sp³-hybridized carbons (Fsp3) is 0.500. The Morgan fingerprint density at radius 1 is 1.40 bits per heavy atom. The van der Waals surface area contributed by atoms with Crippen LogP contribution in [0, 0.1) is 5.92 Å². The Balaban J connectivity index is 2.81. The van der Waals surface area contributed by atoms with E-state index < -0.39 is 0 Å². The molecule has 1 unspecified atom stereocenters. The van der Waals surface area contributed by atoms with Crippen molar-refractivity contribution in [1.29, 1.82) is 0 Å². The molecule has 3 heteroatoms. The maximum Gasteiger partial charge on any atom is 0.119 e. The Hall–Kier alpha value is -1.06. The smallest absolute Gasteiger partial charge is 0.119 e. The molecule has 1 aromatic rings. The molecule has 0 aliphatic heterocycles. The van der Waals surface area contributed by atoms with Crippen LogP contribution in [0.2, 0.25) is 0 Å². The van der Waals surface area contributed by atoms with E-state index in [2.05, 4.69) is 25.3 Å². The number of nitrogens with two attached hydrogens (primary N) is 1. The summed E-state index contributed by atoms with van der Waals surface area (Å²) in [6, 6.07) is 8.20. The molecule has 0 heterocycles. The van der Waals surface area contributed by atoms with Crippen LogP contribution in [0.3, 0.4) is 0 Å². The molecule has 0 spiro atoms. The Bertz CT molecular complexity index is 299. The minimum atomic E-state index is 0.195. The highest BCUT2D eigenvalue weighted by Gasteiger charge is 2.11. The highest BCUT2D eigenvalue weighted by Crippen LogP contribution is 2.23. The van der Waals surface area contributed by atoms with E-state index in [4.69, 9.17) is 10.6 Å². The number of methoxy groups -OCH3 is 1. The largest absolute Gasteiger partial charge is 0.497 e. The van der Waals surface area contributed by atoms with Gasteiger partial charge in [0.1, 0.15) is 5.75 Å². The van der Waals surface area contributed by atoms with Gasteiger partial charge in [-0.05, 0) is 30.0 Å². The molecular weight excluding hydrogens is 188 g/mol. The monoisotopic (exact) mass is 208 g/mol. The first kappa shape index (κ1) is 12.0. The SMILES string of the molecule is COc1cccc(C(CC(C)C)NN)c1. The first-order valence-corrected chi connectivity index (χ1v) is 5.27. The highest BCUT2D eigenvalue weighted by atomic mass is 16.5. The number of nitrogens with one attached hydrogen (secondary N) is 1. The van der Waals surface area contributed by atoms with E-state index in [9.17, 15) is 0 Å². The van der Waals surface area contributed by atoms with Crippen molar-refractivity contribution in [3.05, 3.63) is 29.8 Å². The van der Waals surface area contributed by atoms with Crippen molar-refractivity contribution in [2.45, 2.75) is 26.3 Å². The van der Waals surface area contributed by atoms with Gasteiger partial charge in [0.05, 0.1) is 7.11 Å². The summed E-state index contributed by atoms with van der Waals surface area (Å²) in [4.78, 5) is 0. The molecule has 0 radical (unpaired) electrons. The first-order chi connectivity index (χ1) is 7.17. The molecule has 3 N–H and O–H groups in total. The molecule has 0 bridgehead atoms. The molecule has 0 fully saturated rings. The van der Waals surface area contributed by atoms with Crippen molar-refractivity contribution < 1.29 is 4.74 Å². The topological polar surface area (TPSA) is 47.3 Å². The van der Waals surface area contributed by atoms with Gasteiger partial charge in [-0.15, -0.1) is 0 Å². The van der Waals surface area contributed by atoms with Gasteiger partial charge in [-0.3, -0.25) is 11.3 Å². The maximum absolute atomic E-state index is 5.55. The molecule has 0 saturated heterocycles. The van der Waals surface area contributed by atoms with Crippen LogP contribution in [0.5, 0.6) is 5.75 Å². The molecule has 0 aliphatic rings. The second kappa shape index (κ2) is 5.73. The van der Waals surface area contributed by atoms with Gasteiger partial charge in [0.2, 0.25) is 0 Å². The summed E-state index contributed by atoms with van der Waals surface area (Å²) in [7, 11) is 1.67. The van der Waals surface area contributed by atoms with Gasteiger partial charge in [-0.2, -0.15) is 0 Å². The van der Waals surface area contributed by atoms with Crippen molar-refractivity contribution in [3.63, 3.8) is 0 Å². The number of benzene rings is 1. The van der Waals surface area contributed by atoms with Crippen molar-refractivity contribution in [3.8, 4) is 5.75 Å². The van der Waals surface area contributed by atoms with Crippen LogP contribution >= 0.6 is 0 Å². The predicted molar refractivity (Wildman–Crippen MR) is 62.5 cm³/mol. The number of rotatable bonds is 5. The zero-order valence-corrected chi connectivity index (χ0v) is 9.66. The lowest BCUT2D eigenvalue weighted by atomic mass is 9.97. The van der Waals surface area contributed by atoms with Crippen LogP contribution in [0.25, 0.3) is 0 Å². The third-order valence-corrected chi connectivity index (χ3v) is 2.40. The zero-order valence-electron chi connectivity index (χ0n) is 9.66. The zero-order chi connectivity index (χ0) is 11.3. The molecule has 1 rings (SSSR count). The van der Waals surface area contributed by atoms with E-state index in [0.717, 1.165) is 12.2 Å². The fourth-order valence-corrected chi connectivity index (χ4v) is 1.63. The molecule has 0 aromatic heterocycles. The molecule has 0 saturated carbocycles. The van der Waals surface area contributed by atoms with Crippen molar-refractivity contribution in [1.82, 2.24) is 5.43 Å². The summed E-state index contributed by atoms with van der Waals surface area (Å²) in [6.45, 7) is 4.37. The second-order valence-electron chi connectivity index (χ2n) is 4.13. The lowest BCUT2D eigenvalue weighted by Gasteiger charge is -2.18. The van der Waals surface area contributed by atoms with Gasteiger partial charge in [-0.25, -0.2) is 0 Å². The number of hydrogen-bond donors (Lipinski definition) is 2. The molecule has 1 atom stereocenters. The van der Waals surface area contributed by atoms with E-state index in [0.29, 0.717) is 5.92 Å². The average Bonchev–Trinajstić information content (AvgIpc) is 2.25. The van der Waals surface area contributed by atoms with Crippen molar-refractivity contribution >= 4 is 0 Å². The van der Waals surface area contributed by atoms with E-state index in [1.807, 2.05) is 18.2 Å². The van der Waals surface area contributed by atoms with Crippen LogP contribution in [-0.2, 0) is 0 Å². The summed E-state index contributed by atoms with van der Waals surface area (Å²) in [5, 5.41) is 0. The van der Waals surface area contributed by atoms with Crippen LogP contribution in [0.1, 0.15) is 31.9 Å². The maximum atomic E-state index is 5.55. The summed E-state index contributed by atoms with van der Waals surface area (Å²) in [6.07, 6.45) is 1.02. The molecule has 0 aliphatic carbocycles. The Labute approximate surface area is 91.6 Å². The summed E-state index contributed by atoms with van der Waals surface area (Å²) in [5.74, 6) is 7.03. The Morgan fingerprint density at radius 2 is 2.13 bits per heavy atom. The van der Waals surface area contributed by atoms with Gasteiger partial charge < -0.3 is 4.74 Å². The third-order valence-electron chi connectivity index (χ3n) is 2.40. The number of hydrogen-bond acceptors (Lipinski definition) is 3. The first-order valence-electron chi connectivity index (χ1n) is 5.27. The van der Waals surface area contributed by atoms with Gasteiger partial charge >= 0.3 is 0 Å². The quantitative estimate of drug-likeness (QED) is 0.576. The van der Waals surface area contributed by atoms with Crippen LogP contribution in [0.4, 0.5) is 0 Å². The highest BCUT2D eigenvalue weighted by molar-refractivity contribution is 5.30. The molecule has 15 heavy (non-hydrogen) atoms. The summed E-state index contributed by atoms with van der Waals surface area (Å²) >= 11 is 0. The fourth-order valence-electron chi connectivity index (χ4n) is 1.63. The Kier molecular flexibility index (Phi) is 4.59. The summed E-state index contributed by atoms with van der Waals surface area (Å²) < 4.78 is 5.19. The van der Waals surface area contributed by atoms with E-state index in [1.165, 1.54) is 5.56 Å². The van der Waals surface area contributed by atoms with Crippen LogP contribution in [0.15, 0.2) is 24.3 Å². The minimum Gasteiger partial charge on any atom is -0.497 e. The van der Waals surface area contributed by atoms with Gasteiger partial charge in [0.15, 0.2) is 0 Å². The number of hydrazine groups is 1. The van der Waals surface area contributed by atoms with Gasteiger partial charge in [0, 0.05) is 6.04 Å². The van der Waals surface area contributed by atoms with E-state index in [1.54, 1.807) is 7.11 Å². The predicted octanol–water partition coefficient (Wildman–Crippen LogP) is 2.25. The van der Waals surface area contributed by atoms with Gasteiger partial charge in [-0.1, -0.05) is 26.0 Å². The second-order valence-corrected chi connectivity index (χ2v) is 4.13. The minimum absolute atomic E-state index is 0.195. The average molecular weight is 208 g/mol. The van der Waals surface area contributed by atoms with Gasteiger partial charge in [0.25, 0.3) is 0 Å². The normalized spacial score (nSPS) is 12.9. The molecule has 84 valence electrons. The molecule has 1 aromatic carbocycles. The summed E-state index contributed by atoms with van der Waals surface area (Å²) in [5.41, 5.74) is 4.02. The number of ether oxygens (including phenoxy) is 1. The third kappa shape index (κ3) is 3.53. The lowest BCUT2D eigenvalue weighted by Crippen LogP contribution is -2.29. The van der Waals surface area contributed by atoms with Crippen LogP contribution < -0.4 is 16.0 Å².